The fourth-order valence-electron chi connectivity index (χ4n) is 3.40. The molecule has 0 aromatic heterocycles. The van der Waals surface area contributed by atoms with Crippen molar-refractivity contribution >= 4 is 0 Å². The number of benzene rings is 1. The average Bonchev–Trinajstić information content (AvgIpc) is 2.70. The second-order valence-electron chi connectivity index (χ2n) is 5.89. The molecule has 2 nitrogen and oxygen atoms in total. The van der Waals surface area contributed by atoms with Crippen molar-refractivity contribution in [1.82, 2.24) is 4.90 Å². The highest BCUT2D eigenvalue weighted by atomic mass is 15.2. The van der Waals surface area contributed by atoms with Crippen LogP contribution in [-0.4, -0.2) is 30.1 Å². The van der Waals surface area contributed by atoms with Crippen molar-refractivity contribution in [2.75, 3.05) is 13.1 Å². The van der Waals surface area contributed by atoms with Gasteiger partial charge in [0.1, 0.15) is 0 Å². The van der Waals surface area contributed by atoms with E-state index < -0.39 is 0 Å². The lowest BCUT2D eigenvalue weighted by Gasteiger charge is -2.35. The fourth-order valence-corrected chi connectivity index (χ4v) is 3.40. The van der Waals surface area contributed by atoms with Gasteiger partial charge in [-0.15, -0.1) is 0 Å². The van der Waals surface area contributed by atoms with E-state index in [0.717, 1.165) is 12.5 Å². The molecular formula is C16H26N2. The van der Waals surface area contributed by atoms with Crippen LogP contribution in [0.3, 0.4) is 0 Å². The van der Waals surface area contributed by atoms with Crippen LogP contribution in [0.5, 0.6) is 0 Å². The molecule has 1 aliphatic rings. The Morgan fingerprint density at radius 1 is 1.28 bits per heavy atom. The summed E-state index contributed by atoms with van der Waals surface area (Å²) in [6.45, 7) is 8.93. The summed E-state index contributed by atoms with van der Waals surface area (Å²) < 4.78 is 0. The summed E-state index contributed by atoms with van der Waals surface area (Å²) in [5, 5.41) is 0. The third-order valence-corrected chi connectivity index (χ3v) is 4.40. The number of hydrogen-bond acceptors (Lipinski definition) is 2. The SMILES string of the molecule is CC1CC(C)N(C(CN)C(C)c2ccccc2)C1. The molecule has 4 atom stereocenters. The first kappa shape index (κ1) is 13.6. The average molecular weight is 246 g/mol. The molecule has 0 radical (unpaired) electrons. The maximum atomic E-state index is 6.06. The minimum Gasteiger partial charge on any atom is -0.329 e. The van der Waals surface area contributed by atoms with Gasteiger partial charge in [0.2, 0.25) is 0 Å². The standard InChI is InChI=1S/C16H26N2/c1-12-9-13(2)18(11-12)16(10-17)14(3)15-7-5-4-6-8-15/h4-8,12-14,16H,9-11,17H2,1-3H3. The molecule has 1 heterocycles. The van der Waals surface area contributed by atoms with Crippen LogP contribution >= 0.6 is 0 Å². The minimum absolute atomic E-state index is 0.465. The van der Waals surface area contributed by atoms with Crippen molar-refractivity contribution in [2.45, 2.75) is 45.2 Å². The van der Waals surface area contributed by atoms with E-state index in [1.165, 1.54) is 18.5 Å². The molecule has 1 fully saturated rings. The summed E-state index contributed by atoms with van der Waals surface area (Å²) in [5.41, 5.74) is 7.46. The van der Waals surface area contributed by atoms with Gasteiger partial charge < -0.3 is 5.73 Å². The van der Waals surface area contributed by atoms with Gasteiger partial charge in [0, 0.05) is 25.2 Å². The first-order chi connectivity index (χ1) is 8.63. The molecule has 18 heavy (non-hydrogen) atoms. The molecule has 1 aliphatic heterocycles. The van der Waals surface area contributed by atoms with Gasteiger partial charge in [0.05, 0.1) is 0 Å². The van der Waals surface area contributed by atoms with Gasteiger partial charge in [-0.1, -0.05) is 44.2 Å². The van der Waals surface area contributed by atoms with E-state index >= 15 is 0 Å². The van der Waals surface area contributed by atoms with Crippen LogP contribution in [0.15, 0.2) is 30.3 Å². The first-order valence-corrected chi connectivity index (χ1v) is 7.14. The highest BCUT2D eigenvalue weighted by Gasteiger charge is 2.33. The number of nitrogens with zero attached hydrogens (tertiary/aromatic N) is 1. The second kappa shape index (κ2) is 5.85. The molecule has 0 bridgehead atoms. The van der Waals surface area contributed by atoms with E-state index in [4.69, 9.17) is 5.73 Å². The van der Waals surface area contributed by atoms with Gasteiger partial charge in [-0.05, 0) is 30.7 Å². The Kier molecular flexibility index (Phi) is 4.41. The van der Waals surface area contributed by atoms with Crippen molar-refractivity contribution < 1.29 is 0 Å². The van der Waals surface area contributed by atoms with Gasteiger partial charge in [0.15, 0.2) is 0 Å². The summed E-state index contributed by atoms with van der Waals surface area (Å²) >= 11 is 0. The molecule has 0 amide bonds. The highest BCUT2D eigenvalue weighted by molar-refractivity contribution is 5.21. The van der Waals surface area contributed by atoms with Crippen LogP contribution in [0.2, 0.25) is 0 Å². The Morgan fingerprint density at radius 2 is 1.94 bits per heavy atom. The molecule has 1 saturated heterocycles. The van der Waals surface area contributed by atoms with Gasteiger partial charge in [-0.3, -0.25) is 4.90 Å². The zero-order valence-electron chi connectivity index (χ0n) is 11.8. The smallest absolute Gasteiger partial charge is 0.0287 e. The minimum atomic E-state index is 0.465. The number of nitrogens with two attached hydrogens (primary N) is 1. The Bertz CT molecular complexity index is 363. The van der Waals surface area contributed by atoms with Crippen LogP contribution in [0.25, 0.3) is 0 Å². The molecular weight excluding hydrogens is 220 g/mol. The maximum Gasteiger partial charge on any atom is 0.0287 e. The summed E-state index contributed by atoms with van der Waals surface area (Å²) in [5.74, 6) is 1.31. The monoisotopic (exact) mass is 246 g/mol. The molecule has 0 saturated carbocycles. The van der Waals surface area contributed by atoms with E-state index in [2.05, 4.69) is 56.0 Å². The van der Waals surface area contributed by atoms with Crippen molar-refractivity contribution in [3.8, 4) is 0 Å². The second-order valence-corrected chi connectivity index (χ2v) is 5.89. The molecule has 0 spiro atoms. The molecule has 2 rings (SSSR count). The molecule has 4 unspecified atom stereocenters. The quantitative estimate of drug-likeness (QED) is 0.885. The third-order valence-electron chi connectivity index (χ3n) is 4.40. The molecule has 1 aromatic rings. The Labute approximate surface area is 111 Å². The zero-order valence-corrected chi connectivity index (χ0v) is 11.8. The van der Waals surface area contributed by atoms with Crippen LogP contribution in [0.1, 0.15) is 38.7 Å². The Balaban J connectivity index is 2.13. The summed E-state index contributed by atoms with van der Waals surface area (Å²) in [4.78, 5) is 2.61. The molecule has 2 heteroatoms. The molecule has 1 aromatic carbocycles. The lowest BCUT2D eigenvalue weighted by atomic mass is 9.92. The lowest BCUT2D eigenvalue weighted by molar-refractivity contribution is 0.170. The van der Waals surface area contributed by atoms with Crippen molar-refractivity contribution in [1.29, 1.82) is 0 Å². The topological polar surface area (TPSA) is 29.3 Å². The summed E-state index contributed by atoms with van der Waals surface area (Å²) in [6.07, 6.45) is 1.30. The largest absolute Gasteiger partial charge is 0.329 e. The van der Waals surface area contributed by atoms with Crippen molar-refractivity contribution in [2.24, 2.45) is 11.7 Å². The van der Waals surface area contributed by atoms with E-state index in [9.17, 15) is 0 Å². The van der Waals surface area contributed by atoms with Crippen LogP contribution < -0.4 is 5.73 Å². The number of rotatable bonds is 4. The Hall–Kier alpha value is -0.860. The van der Waals surface area contributed by atoms with Gasteiger partial charge in [0.25, 0.3) is 0 Å². The fraction of sp³-hybridized carbons (Fsp3) is 0.625. The van der Waals surface area contributed by atoms with E-state index in [0.29, 0.717) is 18.0 Å². The van der Waals surface area contributed by atoms with Crippen LogP contribution in [0, 0.1) is 5.92 Å². The first-order valence-electron chi connectivity index (χ1n) is 7.14. The normalized spacial score (nSPS) is 28.2. The van der Waals surface area contributed by atoms with E-state index in [1.54, 1.807) is 0 Å². The van der Waals surface area contributed by atoms with Gasteiger partial charge in [-0.25, -0.2) is 0 Å². The van der Waals surface area contributed by atoms with Crippen molar-refractivity contribution in [3.63, 3.8) is 0 Å². The lowest BCUT2D eigenvalue weighted by Crippen LogP contribution is -2.45. The van der Waals surface area contributed by atoms with Crippen molar-refractivity contribution in [3.05, 3.63) is 35.9 Å². The molecule has 2 N–H and O–H groups in total. The molecule has 0 aliphatic carbocycles. The van der Waals surface area contributed by atoms with Gasteiger partial charge in [-0.2, -0.15) is 0 Å². The Morgan fingerprint density at radius 3 is 2.44 bits per heavy atom. The molecule has 100 valence electrons. The van der Waals surface area contributed by atoms with Crippen LogP contribution in [-0.2, 0) is 0 Å². The van der Waals surface area contributed by atoms with E-state index in [-0.39, 0.29) is 0 Å². The predicted octanol–water partition coefficient (Wildman–Crippen LogP) is 2.85. The number of likely N-dealkylation sites (tertiary alicyclic amines) is 1. The van der Waals surface area contributed by atoms with Crippen LogP contribution in [0.4, 0.5) is 0 Å². The number of hydrogen-bond donors (Lipinski definition) is 1. The highest BCUT2D eigenvalue weighted by Crippen LogP contribution is 2.30. The summed E-state index contributed by atoms with van der Waals surface area (Å²) in [7, 11) is 0. The van der Waals surface area contributed by atoms with E-state index in [1.807, 2.05) is 0 Å². The predicted molar refractivity (Wildman–Crippen MR) is 77.6 cm³/mol. The summed E-state index contributed by atoms with van der Waals surface area (Å²) in [6, 6.07) is 11.9. The maximum absolute atomic E-state index is 6.06. The zero-order chi connectivity index (χ0) is 13.1. The third kappa shape index (κ3) is 2.76. The van der Waals surface area contributed by atoms with Gasteiger partial charge >= 0.3 is 0 Å².